The van der Waals surface area contributed by atoms with Crippen molar-refractivity contribution in [3.05, 3.63) is 88.8 Å². The highest BCUT2D eigenvalue weighted by atomic mass is 79.9. The van der Waals surface area contributed by atoms with Crippen LogP contribution < -0.4 is 5.32 Å². The molecule has 0 spiro atoms. The first-order valence-corrected chi connectivity index (χ1v) is 11.4. The first kappa shape index (κ1) is 22.2. The average Bonchev–Trinajstić information content (AvgIpc) is 3.38. The molecule has 1 atom stereocenters. The van der Waals surface area contributed by atoms with Gasteiger partial charge in [-0.05, 0) is 60.6 Å². The molecule has 1 fully saturated rings. The number of halogens is 1. The monoisotopic (exact) mass is 511 g/mol. The minimum absolute atomic E-state index is 0.00240. The highest BCUT2D eigenvalue weighted by molar-refractivity contribution is 9.10. The van der Waals surface area contributed by atoms with Gasteiger partial charge in [0.2, 0.25) is 5.91 Å². The molecule has 1 aliphatic rings. The maximum Gasteiger partial charge on any atom is 0.252 e. The van der Waals surface area contributed by atoms with E-state index in [1.807, 2.05) is 48.5 Å². The number of nitrogens with one attached hydrogen (secondary N) is 1. The third-order valence-electron chi connectivity index (χ3n) is 5.28. The predicted octanol–water partition coefficient (Wildman–Crippen LogP) is 4.61. The zero-order chi connectivity index (χ0) is 22.5. The summed E-state index contributed by atoms with van der Waals surface area (Å²) in [5.74, 6) is 0.273. The first-order valence-electron chi connectivity index (χ1n) is 10.2. The van der Waals surface area contributed by atoms with Gasteiger partial charge >= 0.3 is 0 Å². The SMILES string of the molecule is O=C(C[C@@H]1C(=O)N(CCc2ccccc2)C(=S)N1Cc1ccco1)Nc1ccc(Br)cc1. The molecule has 0 saturated carbocycles. The summed E-state index contributed by atoms with van der Waals surface area (Å²) in [5.41, 5.74) is 1.79. The fourth-order valence-electron chi connectivity index (χ4n) is 3.65. The van der Waals surface area contributed by atoms with Crippen molar-refractivity contribution in [2.24, 2.45) is 0 Å². The van der Waals surface area contributed by atoms with Crippen LogP contribution in [0, 0.1) is 0 Å². The molecule has 1 saturated heterocycles. The van der Waals surface area contributed by atoms with Gasteiger partial charge in [-0.3, -0.25) is 14.5 Å². The summed E-state index contributed by atoms with van der Waals surface area (Å²) in [5, 5.41) is 3.28. The van der Waals surface area contributed by atoms with Crippen molar-refractivity contribution >= 4 is 50.8 Å². The highest BCUT2D eigenvalue weighted by Crippen LogP contribution is 2.25. The summed E-state index contributed by atoms with van der Waals surface area (Å²) < 4.78 is 6.39. The molecular formula is C24H22BrN3O3S. The molecule has 1 N–H and O–H groups in total. The topological polar surface area (TPSA) is 65.8 Å². The maximum atomic E-state index is 13.3. The van der Waals surface area contributed by atoms with E-state index >= 15 is 0 Å². The van der Waals surface area contributed by atoms with Crippen molar-refractivity contribution in [2.45, 2.75) is 25.4 Å². The van der Waals surface area contributed by atoms with Crippen molar-refractivity contribution < 1.29 is 14.0 Å². The molecule has 0 bridgehead atoms. The molecule has 3 aromatic rings. The molecule has 2 heterocycles. The second-order valence-corrected chi connectivity index (χ2v) is 8.77. The molecule has 8 heteroatoms. The number of rotatable bonds is 8. The van der Waals surface area contributed by atoms with E-state index in [2.05, 4.69) is 21.2 Å². The molecule has 6 nitrogen and oxygen atoms in total. The second-order valence-electron chi connectivity index (χ2n) is 7.49. The molecule has 0 aliphatic carbocycles. The fraction of sp³-hybridized carbons (Fsp3) is 0.208. The molecule has 0 unspecified atom stereocenters. The molecular weight excluding hydrogens is 490 g/mol. The molecule has 4 rings (SSSR count). The Morgan fingerprint density at radius 1 is 1.06 bits per heavy atom. The number of nitrogens with zero attached hydrogens (tertiary/aromatic N) is 2. The Kier molecular flexibility index (Phi) is 7.02. The van der Waals surface area contributed by atoms with Crippen LogP contribution in [0.2, 0.25) is 0 Å². The van der Waals surface area contributed by atoms with Crippen molar-refractivity contribution in [1.29, 1.82) is 0 Å². The third kappa shape index (κ3) is 5.26. The van der Waals surface area contributed by atoms with Gasteiger partial charge in [0.05, 0.1) is 19.2 Å². The number of hydrogen-bond acceptors (Lipinski definition) is 4. The summed E-state index contributed by atoms with van der Waals surface area (Å²) in [6, 6.07) is 20.2. The van der Waals surface area contributed by atoms with Gasteiger partial charge in [0.1, 0.15) is 11.8 Å². The lowest BCUT2D eigenvalue weighted by atomic mass is 10.1. The highest BCUT2D eigenvalue weighted by Gasteiger charge is 2.43. The Balaban J connectivity index is 1.48. The Morgan fingerprint density at radius 2 is 1.81 bits per heavy atom. The molecule has 2 aromatic carbocycles. The average molecular weight is 512 g/mol. The second kappa shape index (κ2) is 10.1. The number of hydrogen-bond donors (Lipinski definition) is 1. The van der Waals surface area contributed by atoms with Gasteiger partial charge in [0.25, 0.3) is 5.91 Å². The van der Waals surface area contributed by atoms with E-state index in [1.165, 1.54) is 0 Å². The lowest BCUT2D eigenvalue weighted by Gasteiger charge is -2.22. The molecule has 1 aromatic heterocycles. The van der Waals surface area contributed by atoms with Crippen LogP contribution in [0.25, 0.3) is 0 Å². The number of amides is 2. The Morgan fingerprint density at radius 3 is 2.50 bits per heavy atom. The van der Waals surface area contributed by atoms with Gasteiger partial charge in [-0.15, -0.1) is 0 Å². The van der Waals surface area contributed by atoms with Crippen LogP contribution in [0.5, 0.6) is 0 Å². The Bertz CT molecular complexity index is 1090. The standard InChI is InChI=1S/C24H22BrN3O3S/c25-18-8-10-19(11-9-18)26-22(29)15-21-23(30)27(13-12-17-5-2-1-3-6-17)24(32)28(21)16-20-7-4-14-31-20/h1-11,14,21H,12-13,15-16H2,(H,26,29)/t21-/m1/s1. The Labute approximate surface area is 200 Å². The van der Waals surface area contributed by atoms with Crippen molar-refractivity contribution in [2.75, 3.05) is 11.9 Å². The number of carbonyl (C=O) groups is 2. The molecule has 1 aliphatic heterocycles. The largest absolute Gasteiger partial charge is 0.467 e. The van der Waals surface area contributed by atoms with Crippen LogP contribution in [-0.4, -0.2) is 39.3 Å². The molecule has 32 heavy (non-hydrogen) atoms. The minimum atomic E-state index is -0.682. The van der Waals surface area contributed by atoms with E-state index < -0.39 is 6.04 Å². The van der Waals surface area contributed by atoms with E-state index in [1.54, 1.807) is 34.3 Å². The van der Waals surface area contributed by atoms with Crippen molar-refractivity contribution in [3.8, 4) is 0 Å². The van der Waals surface area contributed by atoms with E-state index in [-0.39, 0.29) is 18.2 Å². The van der Waals surface area contributed by atoms with Gasteiger partial charge in [-0.1, -0.05) is 46.3 Å². The summed E-state index contributed by atoms with van der Waals surface area (Å²) in [6.07, 6.45) is 2.26. The van der Waals surface area contributed by atoms with E-state index in [0.29, 0.717) is 36.1 Å². The molecule has 0 radical (unpaired) electrons. The van der Waals surface area contributed by atoms with Gasteiger partial charge < -0.3 is 14.6 Å². The van der Waals surface area contributed by atoms with Gasteiger partial charge in [0, 0.05) is 16.7 Å². The summed E-state index contributed by atoms with van der Waals surface area (Å²) in [6.45, 7) is 0.788. The zero-order valence-corrected chi connectivity index (χ0v) is 19.6. The van der Waals surface area contributed by atoms with Crippen LogP contribution in [0.1, 0.15) is 17.7 Å². The Hall–Kier alpha value is -2.97. The van der Waals surface area contributed by atoms with Crippen LogP contribution in [0.15, 0.2) is 81.9 Å². The van der Waals surface area contributed by atoms with Crippen LogP contribution >= 0.6 is 28.1 Å². The zero-order valence-electron chi connectivity index (χ0n) is 17.2. The number of anilines is 1. The van der Waals surface area contributed by atoms with Gasteiger partial charge in [-0.25, -0.2) is 0 Å². The van der Waals surface area contributed by atoms with Gasteiger partial charge in [-0.2, -0.15) is 0 Å². The predicted molar refractivity (Wildman–Crippen MR) is 130 cm³/mol. The normalized spacial score (nSPS) is 16.0. The minimum Gasteiger partial charge on any atom is -0.467 e. The summed E-state index contributed by atoms with van der Waals surface area (Å²) >= 11 is 9.03. The molecule has 2 amide bonds. The number of carbonyl (C=O) groups excluding carboxylic acids is 2. The van der Waals surface area contributed by atoms with Crippen molar-refractivity contribution in [3.63, 3.8) is 0 Å². The number of thiocarbonyl (C=S) groups is 1. The number of benzene rings is 2. The van der Waals surface area contributed by atoms with Crippen LogP contribution in [-0.2, 0) is 22.6 Å². The van der Waals surface area contributed by atoms with Crippen LogP contribution in [0.4, 0.5) is 5.69 Å². The smallest absolute Gasteiger partial charge is 0.252 e. The van der Waals surface area contributed by atoms with Crippen molar-refractivity contribution in [1.82, 2.24) is 9.80 Å². The molecule has 164 valence electrons. The van der Waals surface area contributed by atoms with E-state index in [9.17, 15) is 9.59 Å². The fourth-order valence-corrected chi connectivity index (χ4v) is 4.29. The number of furan rings is 1. The first-order chi connectivity index (χ1) is 15.5. The van der Waals surface area contributed by atoms with E-state index in [0.717, 1.165) is 10.0 Å². The quantitative estimate of drug-likeness (QED) is 0.447. The van der Waals surface area contributed by atoms with E-state index in [4.69, 9.17) is 16.6 Å². The third-order valence-corrected chi connectivity index (χ3v) is 6.27. The maximum absolute atomic E-state index is 13.3. The van der Waals surface area contributed by atoms with Gasteiger partial charge in [0.15, 0.2) is 5.11 Å². The van der Waals surface area contributed by atoms with Crippen LogP contribution in [0.3, 0.4) is 0 Å². The lowest BCUT2D eigenvalue weighted by Crippen LogP contribution is -2.37. The summed E-state index contributed by atoms with van der Waals surface area (Å²) in [4.78, 5) is 29.4. The lowest BCUT2D eigenvalue weighted by molar-refractivity contribution is -0.130. The summed E-state index contributed by atoms with van der Waals surface area (Å²) in [7, 11) is 0.